The standard InChI is InChI=1S/C26H41BrO3.C26H42O3.Br2/c1-15-10-12-26(4)19-11-13-25(3)17(16(2)6-9-21(28)30-5)7-8-18(25)22(19)24(29)23(27)20(26)14-15;1-16-10-12-25(3)18(14-16)15-22(27)24-20-8-7-19(17(2)6-9-23(28)29-5)26(20,4)13-11-21(24)25;1-2/h15-20,22-23H,6-14H2,1-5H3;16-21,24H,6-15H2,1-5H3;/t15-,16-,17-,18+,19+,20+,22+,23-,25-,26-;16-,17-,18+,19-,20+,21+,24+,25+,26-;/m11./s1. The van der Waals surface area contributed by atoms with Crippen LogP contribution in [0.3, 0.4) is 0 Å². The zero-order valence-electron chi connectivity index (χ0n) is 39.7. The van der Waals surface area contributed by atoms with Gasteiger partial charge in [-0.3, -0.25) is 19.2 Å². The second-order valence-electron chi connectivity index (χ2n) is 23.7. The normalized spacial score (nSPS) is 46.9. The van der Waals surface area contributed by atoms with E-state index in [9.17, 15) is 19.2 Å². The van der Waals surface area contributed by atoms with Gasteiger partial charge in [0.25, 0.3) is 0 Å². The van der Waals surface area contributed by atoms with Crippen molar-refractivity contribution in [3.8, 4) is 0 Å². The van der Waals surface area contributed by atoms with E-state index in [0.717, 1.165) is 31.1 Å². The Labute approximate surface area is 394 Å². The first kappa shape index (κ1) is 50.1. The molecule has 0 spiro atoms. The second-order valence-corrected chi connectivity index (χ2v) is 24.7. The molecule has 0 aromatic carbocycles. The summed E-state index contributed by atoms with van der Waals surface area (Å²) in [5.41, 5.74) is 1.22. The number of hydrogen-bond acceptors (Lipinski definition) is 6. The van der Waals surface area contributed by atoms with Gasteiger partial charge in [0.15, 0.2) is 0 Å². The molecular formula is C52H83Br3O6. The van der Waals surface area contributed by atoms with E-state index >= 15 is 0 Å². The number of esters is 2. The molecule has 0 aromatic heterocycles. The molecule has 0 radical (unpaired) electrons. The molecule has 8 aliphatic carbocycles. The van der Waals surface area contributed by atoms with Crippen LogP contribution in [0.25, 0.3) is 0 Å². The number of methoxy groups -OCH3 is 2. The highest BCUT2D eigenvalue weighted by Crippen LogP contribution is 2.70. The van der Waals surface area contributed by atoms with Crippen LogP contribution < -0.4 is 0 Å². The van der Waals surface area contributed by atoms with Crippen LogP contribution in [0.5, 0.6) is 0 Å². The van der Waals surface area contributed by atoms with Gasteiger partial charge in [-0.2, -0.15) is 0 Å². The van der Waals surface area contributed by atoms with E-state index in [-0.39, 0.29) is 33.5 Å². The molecule has 9 heteroatoms. The maximum Gasteiger partial charge on any atom is 0.305 e. The van der Waals surface area contributed by atoms with Gasteiger partial charge in [-0.05, 0) is 183 Å². The van der Waals surface area contributed by atoms with Crippen molar-refractivity contribution in [3.05, 3.63) is 0 Å². The summed E-state index contributed by atoms with van der Waals surface area (Å²) in [4.78, 5) is 50.6. The van der Waals surface area contributed by atoms with Crippen LogP contribution in [0.1, 0.15) is 177 Å². The average Bonchev–Trinajstić information content (AvgIpc) is 3.79. The summed E-state index contributed by atoms with van der Waals surface area (Å²) in [6.45, 7) is 19.4. The topological polar surface area (TPSA) is 86.7 Å². The Hall–Kier alpha value is -0.280. The molecule has 8 rings (SSSR count). The van der Waals surface area contributed by atoms with Crippen molar-refractivity contribution in [2.24, 2.45) is 105 Å². The van der Waals surface area contributed by atoms with Gasteiger partial charge < -0.3 is 9.47 Å². The molecule has 0 amide bonds. The number of carbonyl (C=O) groups excluding carboxylic acids is 4. The van der Waals surface area contributed by atoms with Crippen molar-refractivity contribution in [2.45, 2.75) is 182 Å². The molecule has 19 atom stereocenters. The highest BCUT2D eigenvalue weighted by Gasteiger charge is 2.66. The molecule has 0 aliphatic heterocycles. The Morgan fingerprint density at radius 3 is 1.54 bits per heavy atom. The maximum atomic E-state index is 13.8. The number of carbonyl (C=O) groups is 4. The minimum atomic E-state index is -0.0969. The summed E-state index contributed by atoms with van der Waals surface area (Å²) < 4.78 is 9.74. The largest absolute Gasteiger partial charge is 0.469 e. The molecule has 348 valence electrons. The molecule has 0 heterocycles. The molecule has 0 saturated heterocycles. The van der Waals surface area contributed by atoms with Crippen molar-refractivity contribution in [1.82, 2.24) is 0 Å². The maximum absolute atomic E-state index is 13.8. The summed E-state index contributed by atoms with van der Waals surface area (Å²) in [6.07, 6.45) is 21.3. The van der Waals surface area contributed by atoms with Gasteiger partial charge in [0.2, 0.25) is 0 Å². The molecule has 8 aliphatic rings. The fraction of sp³-hybridized carbons (Fsp3) is 0.923. The molecule has 0 N–H and O–H groups in total. The number of ether oxygens (including phenoxy) is 2. The van der Waals surface area contributed by atoms with E-state index in [1.54, 1.807) is 0 Å². The summed E-state index contributed by atoms with van der Waals surface area (Å²) in [5, 5.41) is 0. The third-order valence-electron chi connectivity index (χ3n) is 21.1. The minimum absolute atomic E-state index is 0.0460. The molecule has 8 fully saturated rings. The molecule has 61 heavy (non-hydrogen) atoms. The van der Waals surface area contributed by atoms with Crippen molar-refractivity contribution in [2.75, 3.05) is 14.2 Å². The lowest BCUT2D eigenvalue weighted by molar-refractivity contribution is -0.158. The summed E-state index contributed by atoms with van der Waals surface area (Å²) in [7, 11) is 2.96. The van der Waals surface area contributed by atoms with E-state index in [4.69, 9.17) is 9.47 Å². The monoisotopic (exact) mass is 1040 g/mol. The number of hydrogen-bond donors (Lipinski definition) is 0. The molecular weight excluding hydrogens is 960 g/mol. The van der Waals surface area contributed by atoms with Crippen molar-refractivity contribution in [1.29, 1.82) is 0 Å². The highest BCUT2D eigenvalue weighted by atomic mass is 80.9. The number of Topliss-reactive ketones (excluding diaryl/α,β-unsaturated/α-hetero) is 2. The summed E-state index contributed by atoms with van der Waals surface area (Å²) in [5.74, 6) is 8.71. The lowest BCUT2D eigenvalue weighted by atomic mass is 9.43. The van der Waals surface area contributed by atoms with Crippen molar-refractivity contribution < 1.29 is 28.7 Å². The number of halogens is 3. The highest BCUT2D eigenvalue weighted by molar-refractivity contribution is 9.93. The van der Waals surface area contributed by atoms with Gasteiger partial charge in [-0.1, -0.05) is 84.2 Å². The van der Waals surface area contributed by atoms with Crippen LogP contribution in [0.4, 0.5) is 0 Å². The lowest BCUT2D eigenvalue weighted by Gasteiger charge is -2.61. The third kappa shape index (κ3) is 9.12. The van der Waals surface area contributed by atoms with E-state index < -0.39 is 0 Å². The molecule has 0 bridgehead atoms. The lowest BCUT2D eigenvalue weighted by Crippen LogP contribution is -2.60. The first-order valence-corrected chi connectivity index (χ1v) is 29.4. The van der Waals surface area contributed by atoms with E-state index in [0.29, 0.717) is 100 Å². The first-order chi connectivity index (χ1) is 28.8. The number of fused-ring (bicyclic) bond motifs is 10. The van der Waals surface area contributed by atoms with Crippen LogP contribution in [0.2, 0.25) is 0 Å². The average molecular weight is 1040 g/mol. The van der Waals surface area contributed by atoms with Gasteiger partial charge in [0, 0.05) is 59.4 Å². The zero-order chi connectivity index (χ0) is 44.8. The minimum Gasteiger partial charge on any atom is -0.469 e. The van der Waals surface area contributed by atoms with Crippen LogP contribution in [0.15, 0.2) is 0 Å². The van der Waals surface area contributed by atoms with Gasteiger partial charge in [-0.15, -0.1) is 0 Å². The summed E-state index contributed by atoms with van der Waals surface area (Å²) in [6, 6.07) is 0. The Balaban J connectivity index is 0.000000196. The third-order valence-corrected chi connectivity index (χ3v) is 22.2. The van der Waals surface area contributed by atoms with Crippen LogP contribution in [-0.4, -0.2) is 42.6 Å². The molecule has 8 saturated carbocycles. The van der Waals surface area contributed by atoms with Crippen molar-refractivity contribution in [3.63, 3.8) is 0 Å². The number of ketones is 2. The van der Waals surface area contributed by atoms with Gasteiger partial charge >= 0.3 is 11.9 Å². The zero-order valence-corrected chi connectivity index (χ0v) is 44.4. The van der Waals surface area contributed by atoms with Gasteiger partial charge in [-0.25, -0.2) is 0 Å². The Morgan fingerprint density at radius 1 is 0.607 bits per heavy atom. The fourth-order valence-corrected chi connectivity index (χ4v) is 18.7. The van der Waals surface area contributed by atoms with Crippen LogP contribution in [0, 0.1) is 105 Å². The Bertz CT molecular complexity index is 1590. The predicted molar refractivity (Wildman–Crippen MR) is 256 cm³/mol. The quantitative estimate of drug-likeness (QED) is 0.178. The molecule has 0 aromatic rings. The van der Waals surface area contributed by atoms with Gasteiger partial charge in [0.1, 0.15) is 11.6 Å². The first-order valence-electron chi connectivity index (χ1n) is 24.8. The molecule has 0 unspecified atom stereocenters. The van der Waals surface area contributed by atoms with E-state index in [1.807, 2.05) is 0 Å². The number of alkyl halides is 1. The van der Waals surface area contributed by atoms with Crippen LogP contribution >= 0.6 is 44.2 Å². The Kier molecular flexibility index (Phi) is 16.4. The second kappa shape index (κ2) is 19.9. The summed E-state index contributed by atoms with van der Waals surface area (Å²) >= 11 is 9.43. The van der Waals surface area contributed by atoms with Crippen LogP contribution in [-0.2, 0) is 28.7 Å². The van der Waals surface area contributed by atoms with E-state index in [1.165, 1.54) is 104 Å². The van der Waals surface area contributed by atoms with Crippen molar-refractivity contribution >= 4 is 67.7 Å². The smallest absolute Gasteiger partial charge is 0.305 e. The molecule has 6 nitrogen and oxygen atoms in total. The van der Waals surface area contributed by atoms with Gasteiger partial charge in [0.05, 0.1) is 19.0 Å². The SMILES string of the molecule is BrBr.COC(=O)CC[C@@H](C)[C@H]1CC[C@H]2[C@@H]3C(=O)C[C@@H]4C[C@H](C)CC[C@]4(C)[C@H]3CC[C@]12C.COC(=O)CC[C@@H](C)[C@H]1CC[C@H]2[C@@H]3C(=O)[C@H](Br)[C@@H]4C[C@H](C)CC[C@]4(C)[C@H]3CC[C@]12C. The number of rotatable bonds is 8. The van der Waals surface area contributed by atoms with E-state index in [2.05, 4.69) is 99.6 Å². The Morgan fingerprint density at radius 2 is 1.03 bits per heavy atom. The fourth-order valence-electron chi connectivity index (χ4n) is 17.5. The predicted octanol–water partition coefficient (Wildman–Crippen LogP) is 14.2.